The molecule has 0 spiro atoms. The highest BCUT2D eigenvalue weighted by molar-refractivity contribution is 7.80. The molecule has 0 aromatic heterocycles. The minimum atomic E-state index is -0.562. The summed E-state index contributed by atoms with van der Waals surface area (Å²) >= 11 is 5.09. The Morgan fingerprint density at radius 2 is 1.82 bits per heavy atom. The van der Waals surface area contributed by atoms with E-state index in [1.54, 1.807) is 13.0 Å². The van der Waals surface area contributed by atoms with Crippen molar-refractivity contribution < 1.29 is 14.4 Å². The van der Waals surface area contributed by atoms with Crippen molar-refractivity contribution in [1.82, 2.24) is 10.2 Å². The van der Waals surface area contributed by atoms with E-state index in [2.05, 4.69) is 11.9 Å². The predicted octanol–water partition coefficient (Wildman–Crippen LogP) is 2.05. The molecule has 6 heteroatoms. The molecular formula is C16H20N2O3S. The number of piperidine rings is 1. The number of rotatable bonds is 2. The summed E-state index contributed by atoms with van der Waals surface area (Å²) in [6.45, 7) is 9.24. The lowest BCUT2D eigenvalue weighted by molar-refractivity contribution is -0.139. The molecule has 2 aliphatic heterocycles. The molecule has 1 N–H and O–H groups in total. The second kappa shape index (κ2) is 7.79. The molecule has 2 rings (SSSR count). The van der Waals surface area contributed by atoms with Crippen LogP contribution in [0.15, 0.2) is 36.0 Å². The number of amides is 3. The van der Waals surface area contributed by atoms with Gasteiger partial charge in [0.2, 0.25) is 5.91 Å². The fraction of sp³-hybridized carbons (Fsp3) is 0.375. The average Bonchev–Trinajstić information content (AvgIpc) is 2.73. The summed E-state index contributed by atoms with van der Waals surface area (Å²) in [7, 11) is 0. The van der Waals surface area contributed by atoms with Crippen molar-refractivity contribution in [3.8, 4) is 0 Å². The van der Waals surface area contributed by atoms with Gasteiger partial charge < -0.3 is 5.32 Å². The van der Waals surface area contributed by atoms with E-state index in [1.165, 1.54) is 12.2 Å². The number of hydrogen-bond donors (Lipinski definition) is 1. The predicted molar refractivity (Wildman–Crippen MR) is 89.0 cm³/mol. The summed E-state index contributed by atoms with van der Waals surface area (Å²) in [5.74, 6) is -0.959. The molecule has 0 aromatic rings. The van der Waals surface area contributed by atoms with Gasteiger partial charge >= 0.3 is 0 Å². The van der Waals surface area contributed by atoms with Crippen molar-refractivity contribution in [1.29, 1.82) is 0 Å². The van der Waals surface area contributed by atoms with Crippen LogP contribution in [0.1, 0.15) is 33.6 Å². The zero-order valence-corrected chi connectivity index (χ0v) is 13.8. The molecule has 1 unspecified atom stereocenters. The number of hydrogen-bond acceptors (Lipinski definition) is 4. The summed E-state index contributed by atoms with van der Waals surface area (Å²) in [5.41, 5.74) is 0.654. The first-order chi connectivity index (χ1) is 10.5. The molecular weight excluding hydrogens is 300 g/mol. The quantitative estimate of drug-likeness (QED) is 0.480. The smallest absolute Gasteiger partial charge is 0.262 e. The molecule has 0 radical (unpaired) electrons. The van der Waals surface area contributed by atoms with E-state index in [1.807, 2.05) is 13.8 Å². The first-order valence-corrected chi connectivity index (χ1v) is 7.63. The summed E-state index contributed by atoms with van der Waals surface area (Å²) < 4.78 is 0. The van der Waals surface area contributed by atoms with Crippen LogP contribution in [-0.4, -0.2) is 33.7 Å². The monoisotopic (exact) mass is 320 g/mol. The average molecular weight is 320 g/mol. The molecule has 118 valence electrons. The Bertz CT molecular complexity index is 590. The topological polar surface area (TPSA) is 66.5 Å². The summed E-state index contributed by atoms with van der Waals surface area (Å²) in [6.07, 6.45) is 5.18. The van der Waals surface area contributed by atoms with Gasteiger partial charge in [-0.3, -0.25) is 19.3 Å². The molecule has 0 bridgehead atoms. The normalized spacial score (nSPS) is 25.2. The van der Waals surface area contributed by atoms with Gasteiger partial charge in [0, 0.05) is 12.0 Å². The zero-order chi connectivity index (χ0) is 16.9. The first kappa shape index (κ1) is 18.0. The summed E-state index contributed by atoms with van der Waals surface area (Å²) in [4.78, 5) is 37.3. The molecule has 2 aliphatic rings. The van der Waals surface area contributed by atoms with Crippen LogP contribution in [0.3, 0.4) is 0 Å². The molecule has 2 heterocycles. The van der Waals surface area contributed by atoms with E-state index in [4.69, 9.17) is 12.2 Å². The van der Waals surface area contributed by atoms with Gasteiger partial charge in [-0.1, -0.05) is 44.8 Å². The Kier molecular flexibility index (Phi) is 6.37. The van der Waals surface area contributed by atoms with E-state index >= 15 is 0 Å². The fourth-order valence-electron chi connectivity index (χ4n) is 2.35. The standard InChI is InChI=1S/C14H14N2O3S.C2H6/c1-3-5-9-8(4-2)13(18)16(14(9)19)10-6-7-11(17)15-12(10)20;1-2/h3-5,10H,1,6-7H2,2H3,(H,15,17,20);1-2H3/b8-4+,9-5+;. The van der Waals surface area contributed by atoms with Crippen LogP contribution in [0.2, 0.25) is 0 Å². The largest absolute Gasteiger partial charge is 0.319 e. The number of imide groups is 1. The highest BCUT2D eigenvalue weighted by Crippen LogP contribution is 2.29. The summed E-state index contributed by atoms with van der Waals surface area (Å²) in [6, 6.07) is -0.562. The van der Waals surface area contributed by atoms with Crippen LogP contribution in [0.25, 0.3) is 0 Å². The van der Waals surface area contributed by atoms with E-state index in [9.17, 15) is 14.4 Å². The maximum atomic E-state index is 12.4. The Balaban J connectivity index is 0.00000116. The molecule has 1 atom stereocenters. The highest BCUT2D eigenvalue weighted by atomic mass is 32.1. The van der Waals surface area contributed by atoms with Gasteiger partial charge in [0.15, 0.2) is 0 Å². The third-order valence-electron chi connectivity index (χ3n) is 3.28. The maximum absolute atomic E-state index is 12.4. The Morgan fingerprint density at radius 3 is 2.32 bits per heavy atom. The number of carbonyl (C=O) groups excluding carboxylic acids is 3. The molecule has 22 heavy (non-hydrogen) atoms. The van der Waals surface area contributed by atoms with Crippen LogP contribution in [0.4, 0.5) is 0 Å². The third kappa shape index (κ3) is 3.22. The van der Waals surface area contributed by atoms with Crippen molar-refractivity contribution in [2.75, 3.05) is 0 Å². The molecule has 2 fully saturated rings. The molecule has 0 aliphatic carbocycles. The number of thiocarbonyl (C=S) groups is 1. The second-order valence-electron chi connectivity index (χ2n) is 4.47. The van der Waals surface area contributed by atoms with Crippen molar-refractivity contribution in [3.63, 3.8) is 0 Å². The first-order valence-electron chi connectivity index (χ1n) is 7.22. The maximum Gasteiger partial charge on any atom is 0.262 e. The van der Waals surface area contributed by atoms with Gasteiger partial charge in [-0.2, -0.15) is 0 Å². The zero-order valence-electron chi connectivity index (χ0n) is 13.0. The van der Waals surface area contributed by atoms with Gasteiger partial charge in [-0.15, -0.1) is 0 Å². The number of likely N-dealkylation sites (tertiary alicyclic amines) is 1. The van der Waals surface area contributed by atoms with E-state index in [0.29, 0.717) is 17.6 Å². The van der Waals surface area contributed by atoms with Crippen LogP contribution >= 0.6 is 12.2 Å². The molecule has 0 saturated carbocycles. The number of allylic oxidation sites excluding steroid dienone is 3. The van der Waals surface area contributed by atoms with Gasteiger partial charge in [0.25, 0.3) is 11.8 Å². The Morgan fingerprint density at radius 1 is 1.23 bits per heavy atom. The van der Waals surface area contributed by atoms with Crippen molar-refractivity contribution >= 4 is 34.9 Å². The lowest BCUT2D eigenvalue weighted by Crippen LogP contribution is -2.53. The van der Waals surface area contributed by atoms with E-state index < -0.39 is 11.9 Å². The van der Waals surface area contributed by atoms with Crippen LogP contribution < -0.4 is 5.32 Å². The SMILES string of the molecule is C=C/C=C1/C(=O)N(C2CCC(=O)NC2=S)C(=O)/C1=C/C.CC. The van der Waals surface area contributed by atoms with Gasteiger partial charge in [0.05, 0.1) is 11.6 Å². The molecule has 2 saturated heterocycles. The van der Waals surface area contributed by atoms with Crippen molar-refractivity contribution in [2.24, 2.45) is 0 Å². The van der Waals surface area contributed by atoms with Crippen LogP contribution in [0.5, 0.6) is 0 Å². The van der Waals surface area contributed by atoms with Crippen molar-refractivity contribution in [2.45, 2.75) is 39.7 Å². The lowest BCUT2D eigenvalue weighted by Gasteiger charge is -2.29. The second-order valence-corrected chi connectivity index (χ2v) is 4.91. The Hall–Kier alpha value is -2.08. The van der Waals surface area contributed by atoms with E-state index in [-0.39, 0.29) is 23.2 Å². The van der Waals surface area contributed by atoms with Gasteiger partial charge in [0.1, 0.15) is 4.99 Å². The minimum Gasteiger partial charge on any atom is -0.319 e. The van der Waals surface area contributed by atoms with Crippen LogP contribution in [-0.2, 0) is 14.4 Å². The minimum absolute atomic E-state index is 0.182. The van der Waals surface area contributed by atoms with Gasteiger partial charge in [-0.05, 0) is 19.4 Å². The number of nitrogens with zero attached hydrogens (tertiary/aromatic N) is 1. The summed E-state index contributed by atoms with van der Waals surface area (Å²) in [5, 5.41) is 2.51. The van der Waals surface area contributed by atoms with Gasteiger partial charge in [-0.25, -0.2) is 0 Å². The van der Waals surface area contributed by atoms with Crippen LogP contribution in [0, 0.1) is 0 Å². The number of nitrogens with one attached hydrogen (secondary N) is 1. The highest BCUT2D eigenvalue weighted by Gasteiger charge is 2.44. The fourth-order valence-corrected chi connectivity index (χ4v) is 2.69. The number of carbonyl (C=O) groups is 3. The molecule has 5 nitrogen and oxygen atoms in total. The third-order valence-corrected chi connectivity index (χ3v) is 3.66. The lowest BCUT2D eigenvalue weighted by atomic mass is 10.1. The van der Waals surface area contributed by atoms with E-state index in [0.717, 1.165) is 4.90 Å². The molecule has 0 aromatic carbocycles. The van der Waals surface area contributed by atoms with Crippen molar-refractivity contribution in [3.05, 3.63) is 36.0 Å². The molecule has 3 amide bonds. The Labute approximate surface area is 135 Å².